The Bertz CT molecular complexity index is 1210. The molecule has 3 aromatic carbocycles. The minimum atomic E-state index is -0.199. The molecule has 4 rings (SSSR count). The van der Waals surface area contributed by atoms with Crippen LogP contribution >= 0.6 is 0 Å². The van der Waals surface area contributed by atoms with E-state index in [1.54, 1.807) is 6.07 Å². The predicted octanol–water partition coefficient (Wildman–Crippen LogP) is 4.81. The van der Waals surface area contributed by atoms with Crippen molar-refractivity contribution >= 4 is 16.7 Å². The van der Waals surface area contributed by atoms with Crippen LogP contribution in [0.1, 0.15) is 22.8 Å². The van der Waals surface area contributed by atoms with E-state index < -0.39 is 0 Å². The number of aryl methyl sites for hydroxylation is 1. The zero-order chi connectivity index (χ0) is 22.3. The number of fused-ring (bicyclic) bond motifs is 1. The van der Waals surface area contributed by atoms with Crippen molar-refractivity contribution in [3.05, 3.63) is 83.9 Å². The number of hydrogen-bond acceptors (Lipinski definition) is 5. The summed E-state index contributed by atoms with van der Waals surface area (Å²) in [6, 6.07) is 23.3. The Kier molecular flexibility index (Phi) is 6.60. The predicted molar refractivity (Wildman–Crippen MR) is 125 cm³/mol. The molecule has 4 aromatic rings. The number of benzene rings is 3. The standard InChI is InChI=1S/C26H25N3O3/c1-3-31-23-14-12-19-6-4-5-7-21(19)25(23)26(30)27-16-17-32-24-15-13-22(28-29-24)20-10-8-18(2)9-11-20/h4-15H,3,16-17H2,1-2H3,(H,27,30). The Morgan fingerprint density at radius 2 is 1.72 bits per heavy atom. The molecule has 0 saturated heterocycles. The van der Waals surface area contributed by atoms with E-state index in [1.165, 1.54) is 5.56 Å². The van der Waals surface area contributed by atoms with E-state index in [2.05, 4.69) is 15.5 Å². The van der Waals surface area contributed by atoms with Crippen molar-refractivity contribution in [3.8, 4) is 22.9 Å². The summed E-state index contributed by atoms with van der Waals surface area (Å²) in [5, 5.41) is 13.1. The van der Waals surface area contributed by atoms with Gasteiger partial charge in [0, 0.05) is 11.6 Å². The topological polar surface area (TPSA) is 73.3 Å². The van der Waals surface area contributed by atoms with Gasteiger partial charge in [0.1, 0.15) is 12.4 Å². The lowest BCUT2D eigenvalue weighted by Crippen LogP contribution is -2.28. The summed E-state index contributed by atoms with van der Waals surface area (Å²) in [6.07, 6.45) is 0. The fourth-order valence-electron chi connectivity index (χ4n) is 3.45. The van der Waals surface area contributed by atoms with Crippen LogP contribution in [0.15, 0.2) is 72.8 Å². The highest BCUT2D eigenvalue weighted by Gasteiger charge is 2.16. The minimum absolute atomic E-state index is 0.199. The maximum absolute atomic E-state index is 12.9. The summed E-state index contributed by atoms with van der Waals surface area (Å²) in [5.74, 6) is 0.784. The minimum Gasteiger partial charge on any atom is -0.493 e. The number of hydrogen-bond donors (Lipinski definition) is 1. The zero-order valence-electron chi connectivity index (χ0n) is 18.2. The van der Waals surface area contributed by atoms with Gasteiger partial charge >= 0.3 is 0 Å². The number of carbonyl (C=O) groups excluding carboxylic acids is 1. The van der Waals surface area contributed by atoms with Crippen LogP contribution in [-0.4, -0.2) is 35.9 Å². The van der Waals surface area contributed by atoms with Gasteiger partial charge in [-0.05, 0) is 36.8 Å². The van der Waals surface area contributed by atoms with Crippen LogP contribution < -0.4 is 14.8 Å². The number of carbonyl (C=O) groups is 1. The van der Waals surface area contributed by atoms with Gasteiger partial charge < -0.3 is 14.8 Å². The number of nitrogens with zero attached hydrogens (tertiary/aromatic N) is 2. The van der Waals surface area contributed by atoms with E-state index in [0.717, 1.165) is 22.0 Å². The van der Waals surface area contributed by atoms with Gasteiger partial charge in [-0.15, -0.1) is 10.2 Å². The molecule has 0 aliphatic rings. The van der Waals surface area contributed by atoms with Gasteiger partial charge in [-0.25, -0.2) is 0 Å². The van der Waals surface area contributed by atoms with Crippen molar-refractivity contribution in [2.24, 2.45) is 0 Å². The van der Waals surface area contributed by atoms with Crippen molar-refractivity contribution in [2.75, 3.05) is 19.8 Å². The van der Waals surface area contributed by atoms with Gasteiger partial charge in [0.15, 0.2) is 0 Å². The quantitative estimate of drug-likeness (QED) is 0.409. The molecule has 1 aromatic heterocycles. The second kappa shape index (κ2) is 9.92. The molecule has 6 nitrogen and oxygen atoms in total. The Morgan fingerprint density at radius 1 is 0.906 bits per heavy atom. The van der Waals surface area contributed by atoms with Crippen LogP contribution in [-0.2, 0) is 0 Å². The third kappa shape index (κ3) is 4.86. The van der Waals surface area contributed by atoms with Crippen molar-refractivity contribution < 1.29 is 14.3 Å². The smallest absolute Gasteiger partial charge is 0.255 e. The fourth-order valence-corrected chi connectivity index (χ4v) is 3.45. The normalized spacial score (nSPS) is 10.7. The third-order valence-corrected chi connectivity index (χ3v) is 5.04. The van der Waals surface area contributed by atoms with Crippen molar-refractivity contribution in [2.45, 2.75) is 13.8 Å². The highest BCUT2D eigenvalue weighted by Crippen LogP contribution is 2.28. The Labute approximate surface area is 187 Å². The number of aromatic nitrogens is 2. The molecule has 1 N–H and O–H groups in total. The lowest BCUT2D eigenvalue weighted by atomic mass is 10.0. The van der Waals surface area contributed by atoms with Gasteiger partial charge in [-0.3, -0.25) is 4.79 Å². The molecule has 0 radical (unpaired) electrons. The largest absolute Gasteiger partial charge is 0.493 e. The van der Waals surface area contributed by atoms with E-state index in [0.29, 0.717) is 30.3 Å². The van der Waals surface area contributed by atoms with Crippen LogP contribution in [0.2, 0.25) is 0 Å². The zero-order valence-corrected chi connectivity index (χ0v) is 18.2. The molecule has 0 spiro atoms. The van der Waals surface area contributed by atoms with E-state index >= 15 is 0 Å². The third-order valence-electron chi connectivity index (χ3n) is 5.04. The fraction of sp³-hybridized carbons (Fsp3) is 0.192. The lowest BCUT2D eigenvalue weighted by Gasteiger charge is -2.13. The summed E-state index contributed by atoms with van der Waals surface area (Å²) in [6.45, 7) is 5.03. The molecule has 1 heterocycles. The summed E-state index contributed by atoms with van der Waals surface area (Å²) in [4.78, 5) is 12.9. The molecule has 0 fully saturated rings. The van der Waals surface area contributed by atoms with Gasteiger partial charge in [0.25, 0.3) is 5.91 Å². The Morgan fingerprint density at radius 3 is 2.47 bits per heavy atom. The van der Waals surface area contributed by atoms with Crippen molar-refractivity contribution in [1.82, 2.24) is 15.5 Å². The molecule has 32 heavy (non-hydrogen) atoms. The van der Waals surface area contributed by atoms with Crippen LogP contribution in [0.4, 0.5) is 0 Å². The summed E-state index contributed by atoms with van der Waals surface area (Å²) >= 11 is 0. The van der Waals surface area contributed by atoms with Crippen molar-refractivity contribution in [1.29, 1.82) is 0 Å². The summed E-state index contributed by atoms with van der Waals surface area (Å²) in [5.41, 5.74) is 3.51. The van der Waals surface area contributed by atoms with Gasteiger partial charge in [0.2, 0.25) is 5.88 Å². The highest BCUT2D eigenvalue weighted by molar-refractivity contribution is 6.09. The van der Waals surface area contributed by atoms with E-state index in [9.17, 15) is 4.79 Å². The first kappa shape index (κ1) is 21.3. The monoisotopic (exact) mass is 427 g/mol. The second-order valence-corrected chi connectivity index (χ2v) is 7.32. The van der Waals surface area contributed by atoms with Crippen LogP contribution in [0.5, 0.6) is 11.6 Å². The maximum atomic E-state index is 12.9. The molecule has 0 unspecified atom stereocenters. The molecular formula is C26H25N3O3. The summed E-state index contributed by atoms with van der Waals surface area (Å²) < 4.78 is 11.3. The highest BCUT2D eigenvalue weighted by atomic mass is 16.5. The van der Waals surface area contributed by atoms with E-state index in [-0.39, 0.29) is 12.5 Å². The van der Waals surface area contributed by atoms with E-state index in [4.69, 9.17) is 9.47 Å². The van der Waals surface area contributed by atoms with Crippen molar-refractivity contribution in [3.63, 3.8) is 0 Å². The Hall–Kier alpha value is -3.93. The molecule has 0 atom stereocenters. The van der Waals surface area contributed by atoms with Crippen LogP contribution in [0, 0.1) is 6.92 Å². The number of ether oxygens (including phenoxy) is 2. The molecule has 0 aliphatic carbocycles. The van der Waals surface area contributed by atoms with Crippen LogP contribution in [0.3, 0.4) is 0 Å². The van der Waals surface area contributed by atoms with Gasteiger partial charge in [0.05, 0.1) is 24.4 Å². The molecule has 0 bridgehead atoms. The molecule has 0 aliphatic heterocycles. The van der Waals surface area contributed by atoms with Crippen LogP contribution in [0.25, 0.3) is 22.0 Å². The first-order valence-corrected chi connectivity index (χ1v) is 10.6. The maximum Gasteiger partial charge on any atom is 0.255 e. The van der Waals surface area contributed by atoms with Gasteiger partial charge in [-0.1, -0.05) is 60.2 Å². The first-order valence-electron chi connectivity index (χ1n) is 10.6. The second-order valence-electron chi connectivity index (χ2n) is 7.32. The van der Waals surface area contributed by atoms with E-state index in [1.807, 2.05) is 80.6 Å². The summed E-state index contributed by atoms with van der Waals surface area (Å²) in [7, 11) is 0. The number of nitrogens with one attached hydrogen (secondary N) is 1. The molecule has 162 valence electrons. The lowest BCUT2D eigenvalue weighted by molar-refractivity contribution is 0.0944. The molecular weight excluding hydrogens is 402 g/mol. The SMILES string of the molecule is CCOc1ccc2ccccc2c1C(=O)NCCOc1ccc(-c2ccc(C)cc2)nn1. The molecule has 6 heteroatoms. The average Bonchev–Trinajstić information content (AvgIpc) is 2.83. The van der Waals surface area contributed by atoms with Gasteiger partial charge in [-0.2, -0.15) is 0 Å². The first-order chi connectivity index (χ1) is 15.7. The Balaban J connectivity index is 1.36. The molecule has 0 saturated carbocycles. The average molecular weight is 428 g/mol. The number of rotatable bonds is 8. The molecule has 1 amide bonds. The number of amides is 1.